The predicted molar refractivity (Wildman–Crippen MR) is 101 cm³/mol. The van der Waals surface area contributed by atoms with Crippen molar-refractivity contribution in [1.82, 2.24) is 15.1 Å². The van der Waals surface area contributed by atoms with E-state index < -0.39 is 5.41 Å². The number of hydrogen-bond acceptors (Lipinski definition) is 3. The monoisotopic (exact) mass is 359 g/mol. The SMILES string of the molecule is CC(CC(=O)N1CCN(C(=O)C(C)(C)C)CC1)NC(=O)c1ccccc1. The molecule has 1 unspecified atom stereocenters. The van der Waals surface area contributed by atoms with Crippen LogP contribution in [0.25, 0.3) is 0 Å². The molecule has 0 saturated carbocycles. The van der Waals surface area contributed by atoms with E-state index in [4.69, 9.17) is 0 Å². The molecule has 26 heavy (non-hydrogen) atoms. The van der Waals surface area contributed by atoms with E-state index in [0.29, 0.717) is 31.7 Å². The molecule has 1 fully saturated rings. The number of benzene rings is 1. The molecule has 1 aromatic carbocycles. The first-order chi connectivity index (χ1) is 12.2. The van der Waals surface area contributed by atoms with E-state index in [9.17, 15) is 14.4 Å². The van der Waals surface area contributed by atoms with E-state index in [-0.39, 0.29) is 30.2 Å². The van der Waals surface area contributed by atoms with E-state index >= 15 is 0 Å². The number of rotatable bonds is 4. The van der Waals surface area contributed by atoms with Gasteiger partial charge in [-0.1, -0.05) is 39.0 Å². The number of carbonyl (C=O) groups is 3. The van der Waals surface area contributed by atoms with Crippen LogP contribution >= 0.6 is 0 Å². The molecule has 2 rings (SSSR count). The zero-order valence-electron chi connectivity index (χ0n) is 16.1. The van der Waals surface area contributed by atoms with Gasteiger partial charge < -0.3 is 15.1 Å². The molecule has 1 aliphatic heterocycles. The fourth-order valence-corrected chi connectivity index (χ4v) is 2.97. The normalized spacial score (nSPS) is 16.2. The van der Waals surface area contributed by atoms with Crippen molar-refractivity contribution in [2.45, 2.75) is 40.2 Å². The summed E-state index contributed by atoms with van der Waals surface area (Å²) in [5.74, 6) is -0.0479. The quantitative estimate of drug-likeness (QED) is 0.893. The summed E-state index contributed by atoms with van der Waals surface area (Å²) in [4.78, 5) is 40.5. The second-order valence-electron chi connectivity index (χ2n) is 7.87. The lowest BCUT2D eigenvalue weighted by Crippen LogP contribution is -2.53. The second-order valence-corrected chi connectivity index (χ2v) is 7.87. The first-order valence-corrected chi connectivity index (χ1v) is 9.11. The largest absolute Gasteiger partial charge is 0.349 e. The number of nitrogens with zero attached hydrogens (tertiary/aromatic N) is 2. The molecule has 1 N–H and O–H groups in total. The fraction of sp³-hybridized carbons (Fsp3) is 0.550. The summed E-state index contributed by atoms with van der Waals surface area (Å²) < 4.78 is 0. The third-order valence-electron chi connectivity index (χ3n) is 4.46. The molecule has 1 heterocycles. The number of piperazine rings is 1. The molecule has 1 aromatic rings. The van der Waals surface area contributed by atoms with Crippen LogP contribution in [0.5, 0.6) is 0 Å². The van der Waals surface area contributed by atoms with Crippen molar-refractivity contribution in [1.29, 1.82) is 0 Å². The molecule has 6 heteroatoms. The summed E-state index contributed by atoms with van der Waals surface area (Å²) in [6.07, 6.45) is 0.256. The summed E-state index contributed by atoms with van der Waals surface area (Å²) in [5.41, 5.74) is 0.184. The zero-order chi connectivity index (χ0) is 19.3. The Morgan fingerprint density at radius 1 is 1.00 bits per heavy atom. The average Bonchev–Trinajstić information content (AvgIpc) is 2.61. The number of nitrogens with one attached hydrogen (secondary N) is 1. The van der Waals surface area contributed by atoms with Crippen LogP contribution in [-0.4, -0.2) is 59.7 Å². The van der Waals surface area contributed by atoms with Gasteiger partial charge in [-0.15, -0.1) is 0 Å². The minimum absolute atomic E-state index is 0.00807. The van der Waals surface area contributed by atoms with Gasteiger partial charge in [-0.3, -0.25) is 14.4 Å². The van der Waals surface area contributed by atoms with E-state index in [2.05, 4.69) is 5.32 Å². The summed E-state index contributed by atoms with van der Waals surface area (Å²) in [6, 6.07) is 8.72. The van der Waals surface area contributed by atoms with E-state index in [0.717, 1.165) is 0 Å². The van der Waals surface area contributed by atoms with Crippen LogP contribution in [0.2, 0.25) is 0 Å². The highest BCUT2D eigenvalue weighted by molar-refractivity contribution is 5.94. The van der Waals surface area contributed by atoms with Gasteiger partial charge in [-0.05, 0) is 19.1 Å². The first kappa shape index (κ1) is 19.9. The summed E-state index contributed by atoms with van der Waals surface area (Å²) in [6.45, 7) is 9.76. The highest BCUT2D eigenvalue weighted by atomic mass is 16.2. The smallest absolute Gasteiger partial charge is 0.251 e. The zero-order valence-corrected chi connectivity index (χ0v) is 16.1. The van der Waals surface area contributed by atoms with Crippen LogP contribution in [0, 0.1) is 5.41 Å². The average molecular weight is 359 g/mol. The summed E-state index contributed by atoms with van der Waals surface area (Å²) >= 11 is 0. The molecule has 1 atom stereocenters. The van der Waals surface area contributed by atoms with E-state index in [1.165, 1.54) is 0 Å². The Labute approximate surface area is 155 Å². The fourth-order valence-electron chi connectivity index (χ4n) is 2.97. The van der Waals surface area contributed by atoms with Gasteiger partial charge in [0.2, 0.25) is 11.8 Å². The van der Waals surface area contributed by atoms with Gasteiger partial charge in [-0.25, -0.2) is 0 Å². The highest BCUT2D eigenvalue weighted by Gasteiger charge is 2.31. The molecule has 0 aromatic heterocycles. The van der Waals surface area contributed by atoms with Gasteiger partial charge in [0, 0.05) is 49.6 Å². The molecule has 0 spiro atoms. The van der Waals surface area contributed by atoms with Crippen LogP contribution in [0.4, 0.5) is 0 Å². The Bertz CT molecular complexity index is 644. The highest BCUT2D eigenvalue weighted by Crippen LogP contribution is 2.19. The Morgan fingerprint density at radius 2 is 1.54 bits per heavy atom. The molecule has 6 nitrogen and oxygen atoms in total. The molecule has 0 aliphatic carbocycles. The summed E-state index contributed by atoms with van der Waals surface area (Å²) in [5, 5.41) is 2.86. The van der Waals surface area contributed by atoms with Crippen LogP contribution < -0.4 is 5.32 Å². The minimum atomic E-state index is -0.400. The van der Waals surface area contributed by atoms with Gasteiger partial charge in [0.05, 0.1) is 0 Å². The van der Waals surface area contributed by atoms with Gasteiger partial charge in [0.25, 0.3) is 5.91 Å². The van der Waals surface area contributed by atoms with Crippen molar-refractivity contribution >= 4 is 17.7 Å². The van der Waals surface area contributed by atoms with Gasteiger partial charge >= 0.3 is 0 Å². The number of carbonyl (C=O) groups excluding carboxylic acids is 3. The van der Waals surface area contributed by atoms with Crippen molar-refractivity contribution < 1.29 is 14.4 Å². The molecule has 1 saturated heterocycles. The summed E-state index contributed by atoms with van der Waals surface area (Å²) in [7, 11) is 0. The second kappa shape index (κ2) is 8.34. The molecule has 0 bridgehead atoms. The topological polar surface area (TPSA) is 69.7 Å². The lowest BCUT2D eigenvalue weighted by Gasteiger charge is -2.38. The van der Waals surface area contributed by atoms with Gasteiger partial charge in [0.1, 0.15) is 0 Å². The van der Waals surface area contributed by atoms with Crippen molar-refractivity contribution in [3.8, 4) is 0 Å². The molecule has 1 aliphatic rings. The van der Waals surface area contributed by atoms with Crippen molar-refractivity contribution in [2.24, 2.45) is 5.41 Å². The maximum atomic E-state index is 12.5. The Morgan fingerprint density at radius 3 is 2.08 bits per heavy atom. The molecule has 0 radical (unpaired) electrons. The molecular weight excluding hydrogens is 330 g/mol. The van der Waals surface area contributed by atoms with Crippen LogP contribution in [0.3, 0.4) is 0 Å². The minimum Gasteiger partial charge on any atom is -0.349 e. The van der Waals surface area contributed by atoms with Crippen molar-refractivity contribution in [3.63, 3.8) is 0 Å². The van der Waals surface area contributed by atoms with Crippen LogP contribution in [0.15, 0.2) is 30.3 Å². The van der Waals surface area contributed by atoms with E-state index in [1.807, 2.05) is 50.8 Å². The molecule has 142 valence electrons. The lowest BCUT2D eigenvalue weighted by molar-refractivity contribution is -0.145. The van der Waals surface area contributed by atoms with Crippen LogP contribution in [-0.2, 0) is 9.59 Å². The lowest BCUT2D eigenvalue weighted by atomic mass is 9.94. The van der Waals surface area contributed by atoms with Gasteiger partial charge in [0.15, 0.2) is 0 Å². The Hall–Kier alpha value is -2.37. The first-order valence-electron chi connectivity index (χ1n) is 9.11. The van der Waals surface area contributed by atoms with Crippen molar-refractivity contribution in [3.05, 3.63) is 35.9 Å². The molecule has 3 amide bonds. The van der Waals surface area contributed by atoms with Gasteiger partial charge in [-0.2, -0.15) is 0 Å². The Kier molecular flexibility index (Phi) is 6.40. The third-order valence-corrected chi connectivity index (χ3v) is 4.46. The third kappa shape index (κ3) is 5.31. The Balaban J connectivity index is 1.80. The van der Waals surface area contributed by atoms with Crippen LogP contribution in [0.1, 0.15) is 44.5 Å². The van der Waals surface area contributed by atoms with Crippen molar-refractivity contribution in [2.75, 3.05) is 26.2 Å². The number of hydrogen-bond donors (Lipinski definition) is 1. The number of amides is 3. The predicted octanol–water partition coefficient (Wildman–Crippen LogP) is 1.91. The maximum absolute atomic E-state index is 12.5. The maximum Gasteiger partial charge on any atom is 0.251 e. The molecular formula is C20H29N3O3. The standard InChI is InChI=1S/C20H29N3O3/c1-15(21-18(25)16-8-6-5-7-9-16)14-17(24)22-10-12-23(13-11-22)19(26)20(2,3)4/h5-9,15H,10-14H2,1-4H3,(H,21,25). The van der Waals surface area contributed by atoms with E-state index in [1.54, 1.807) is 17.0 Å².